The number of urea groups is 1. The molecule has 1 fully saturated rings. The average molecular weight is 414 g/mol. The number of nitrogens with one attached hydrogen (secondary N) is 2. The highest BCUT2D eigenvalue weighted by Crippen LogP contribution is 2.33. The highest BCUT2D eigenvalue weighted by atomic mass is 35.5. The number of imide groups is 1. The Balaban J connectivity index is 1.72. The second kappa shape index (κ2) is 7.52. The topological polar surface area (TPSA) is 78.5 Å². The van der Waals surface area contributed by atoms with E-state index in [4.69, 9.17) is 11.6 Å². The van der Waals surface area contributed by atoms with Crippen LogP contribution in [0.4, 0.5) is 10.5 Å². The first kappa shape index (κ1) is 20.9. The Morgan fingerprint density at radius 3 is 2.31 bits per heavy atom. The van der Waals surface area contributed by atoms with E-state index in [2.05, 4.69) is 31.4 Å². The molecule has 0 aromatic heterocycles. The van der Waals surface area contributed by atoms with Crippen LogP contribution < -0.4 is 10.6 Å². The Morgan fingerprint density at radius 1 is 1.10 bits per heavy atom. The lowest BCUT2D eigenvalue weighted by Gasteiger charge is -2.23. The van der Waals surface area contributed by atoms with E-state index in [0.29, 0.717) is 16.3 Å². The lowest BCUT2D eigenvalue weighted by Crippen LogP contribution is -2.42. The molecular weight excluding hydrogens is 390 g/mol. The van der Waals surface area contributed by atoms with Gasteiger partial charge in [0.05, 0.1) is 0 Å². The number of rotatable bonds is 4. The monoisotopic (exact) mass is 413 g/mol. The van der Waals surface area contributed by atoms with Crippen molar-refractivity contribution in [2.24, 2.45) is 0 Å². The molecule has 6 nitrogen and oxygen atoms in total. The van der Waals surface area contributed by atoms with E-state index >= 15 is 0 Å². The lowest BCUT2D eigenvalue weighted by atomic mass is 9.87. The highest BCUT2D eigenvalue weighted by Gasteiger charge is 2.50. The van der Waals surface area contributed by atoms with Gasteiger partial charge in [-0.05, 0) is 36.1 Å². The molecular formula is C22H24ClN3O3. The summed E-state index contributed by atoms with van der Waals surface area (Å²) in [5.41, 5.74) is 0.917. The predicted octanol–water partition coefficient (Wildman–Crippen LogP) is 4.04. The summed E-state index contributed by atoms with van der Waals surface area (Å²) in [7, 11) is 0. The van der Waals surface area contributed by atoms with Crippen LogP contribution in [0.5, 0.6) is 0 Å². The summed E-state index contributed by atoms with van der Waals surface area (Å²) in [5, 5.41) is 5.75. The maximum atomic E-state index is 12.9. The van der Waals surface area contributed by atoms with Crippen LogP contribution in [0.25, 0.3) is 0 Å². The van der Waals surface area contributed by atoms with Crippen LogP contribution in [-0.4, -0.2) is 29.3 Å². The Morgan fingerprint density at radius 2 is 1.72 bits per heavy atom. The summed E-state index contributed by atoms with van der Waals surface area (Å²) >= 11 is 6.21. The smallest absolute Gasteiger partial charge is 0.325 e. The van der Waals surface area contributed by atoms with Crippen molar-refractivity contribution < 1.29 is 14.4 Å². The van der Waals surface area contributed by atoms with Gasteiger partial charge in [-0.3, -0.25) is 14.5 Å². The largest absolute Gasteiger partial charge is 0.325 e. The molecule has 2 aromatic carbocycles. The SMILES string of the molecule is CC(C)(C)c1ccc(NC(=O)CN2C(=O)N[C@@](C)(c3ccccc3Cl)C2=O)cc1. The number of amides is 4. The van der Waals surface area contributed by atoms with Gasteiger partial charge in [-0.1, -0.05) is 62.7 Å². The van der Waals surface area contributed by atoms with Gasteiger partial charge in [-0.15, -0.1) is 0 Å². The molecule has 2 N–H and O–H groups in total. The van der Waals surface area contributed by atoms with Crippen LogP contribution in [0, 0.1) is 0 Å². The van der Waals surface area contributed by atoms with Gasteiger partial charge >= 0.3 is 6.03 Å². The first-order chi connectivity index (χ1) is 13.5. The number of benzene rings is 2. The minimum Gasteiger partial charge on any atom is -0.325 e. The van der Waals surface area contributed by atoms with Gasteiger partial charge in [0.25, 0.3) is 5.91 Å². The van der Waals surface area contributed by atoms with Crippen LogP contribution in [0.15, 0.2) is 48.5 Å². The molecule has 2 aromatic rings. The average Bonchev–Trinajstić information content (AvgIpc) is 2.85. The van der Waals surface area contributed by atoms with Crippen LogP contribution in [-0.2, 0) is 20.5 Å². The molecule has 7 heteroatoms. The molecule has 3 rings (SSSR count). The molecule has 0 spiro atoms. The fourth-order valence-corrected chi connectivity index (χ4v) is 3.61. The van der Waals surface area contributed by atoms with Gasteiger partial charge in [0.15, 0.2) is 0 Å². The number of halogens is 1. The van der Waals surface area contributed by atoms with Crippen molar-refractivity contribution in [2.45, 2.75) is 38.6 Å². The van der Waals surface area contributed by atoms with E-state index in [1.165, 1.54) is 0 Å². The van der Waals surface area contributed by atoms with E-state index in [-0.39, 0.29) is 12.0 Å². The summed E-state index contributed by atoms with van der Waals surface area (Å²) in [5.74, 6) is -0.978. The first-order valence-electron chi connectivity index (χ1n) is 9.32. The zero-order valence-electron chi connectivity index (χ0n) is 16.9. The van der Waals surface area contributed by atoms with E-state index in [9.17, 15) is 14.4 Å². The zero-order chi connectivity index (χ0) is 21.4. The molecule has 4 amide bonds. The van der Waals surface area contributed by atoms with Crippen molar-refractivity contribution in [1.29, 1.82) is 0 Å². The lowest BCUT2D eigenvalue weighted by molar-refractivity contribution is -0.133. The molecule has 0 unspecified atom stereocenters. The molecule has 1 saturated heterocycles. The van der Waals surface area contributed by atoms with Crippen molar-refractivity contribution in [2.75, 3.05) is 11.9 Å². The Labute approximate surface area is 175 Å². The Kier molecular flexibility index (Phi) is 5.41. The van der Waals surface area contributed by atoms with Gasteiger partial charge in [0.1, 0.15) is 12.1 Å². The summed E-state index contributed by atoms with van der Waals surface area (Å²) in [6, 6.07) is 13.7. The maximum Gasteiger partial charge on any atom is 0.325 e. The molecule has 0 radical (unpaired) electrons. The maximum absolute atomic E-state index is 12.9. The molecule has 29 heavy (non-hydrogen) atoms. The second-order valence-corrected chi connectivity index (χ2v) is 8.71. The van der Waals surface area contributed by atoms with Crippen LogP contribution >= 0.6 is 11.6 Å². The standard InChI is InChI=1S/C22H24ClN3O3/c1-21(2,3)14-9-11-15(12-10-14)24-18(27)13-26-19(28)22(4,25-20(26)29)16-7-5-6-8-17(16)23/h5-12H,13H2,1-4H3,(H,24,27)(H,25,29)/t22-/m0/s1. The van der Waals surface area contributed by atoms with Gasteiger partial charge in [-0.2, -0.15) is 0 Å². The van der Waals surface area contributed by atoms with Gasteiger partial charge < -0.3 is 10.6 Å². The first-order valence-corrected chi connectivity index (χ1v) is 9.70. The van der Waals surface area contributed by atoms with Crippen LogP contribution in [0.2, 0.25) is 5.02 Å². The molecule has 0 saturated carbocycles. The van der Waals surface area contributed by atoms with E-state index in [1.54, 1.807) is 43.3 Å². The van der Waals surface area contributed by atoms with Crippen LogP contribution in [0.3, 0.4) is 0 Å². The molecule has 0 aliphatic carbocycles. The van der Waals surface area contributed by atoms with Crippen molar-refractivity contribution in [1.82, 2.24) is 10.2 Å². The summed E-state index contributed by atoms with van der Waals surface area (Å²) < 4.78 is 0. The minimum atomic E-state index is -1.32. The minimum absolute atomic E-state index is 0.00572. The van der Waals surface area contributed by atoms with E-state index in [0.717, 1.165) is 10.5 Å². The summed E-state index contributed by atoms with van der Waals surface area (Å²) in [6.07, 6.45) is 0. The highest BCUT2D eigenvalue weighted by molar-refractivity contribution is 6.32. The fourth-order valence-electron chi connectivity index (χ4n) is 3.29. The Bertz CT molecular complexity index is 966. The van der Waals surface area contributed by atoms with Gasteiger partial charge in [0.2, 0.25) is 5.91 Å². The van der Waals surface area contributed by atoms with Gasteiger partial charge in [0, 0.05) is 16.3 Å². The zero-order valence-corrected chi connectivity index (χ0v) is 17.6. The molecule has 1 atom stereocenters. The molecule has 1 heterocycles. The van der Waals surface area contributed by atoms with E-state index in [1.807, 2.05) is 12.1 Å². The number of nitrogens with zero attached hydrogens (tertiary/aromatic N) is 1. The molecule has 1 aliphatic heterocycles. The third kappa shape index (κ3) is 4.12. The van der Waals surface area contributed by atoms with Gasteiger partial charge in [-0.25, -0.2) is 4.79 Å². The molecule has 1 aliphatic rings. The number of anilines is 1. The summed E-state index contributed by atoms with van der Waals surface area (Å²) in [4.78, 5) is 38.7. The molecule has 152 valence electrons. The van der Waals surface area contributed by atoms with Crippen molar-refractivity contribution in [3.8, 4) is 0 Å². The number of carbonyl (C=O) groups is 3. The number of carbonyl (C=O) groups excluding carboxylic acids is 3. The quantitative estimate of drug-likeness (QED) is 0.742. The fraction of sp³-hybridized carbons (Fsp3) is 0.318. The number of hydrogen-bond acceptors (Lipinski definition) is 3. The number of hydrogen-bond donors (Lipinski definition) is 2. The third-order valence-electron chi connectivity index (χ3n) is 5.02. The second-order valence-electron chi connectivity index (χ2n) is 8.30. The van der Waals surface area contributed by atoms with Crippen molar-refractivity contribution in [3.63, 3.8) is 0 Å². The normalized spacial score (nSPS) is 19.3. The van der Waals surface area contributed by atoms with Crippen LogP contribution in [0.1, 0.15) is 38.8 Å². The van der Waals surface area contributed by atoms with E-state index < -0.39 is 23.4 Å². The van der Waals surface area contributed by atoms with Crippen molar-refractivity contribution in [3.05, 3.63) is 64.7 Å². The Hall–Kier alpha value is -2.86. The summed E-state index contributed by atoms with van der Waals surface area (Å²) in [6.45, 7) is 7.51. The third-order valence-corrected chi connectivity index (χ3v) is 5.35. The molecule has 0 bridgehead atoms. The predicted molar refractivity (Wildman–Crippen MR) is 113 cm³/mol. The van der Waals surface area contributed by atoms with Crippen molar-refractivity contribution >= 4 is 35.1 Å².